The van der Waals surface area contributed by atoms with Gasteiger partial charge in [-0.25, -0.2) is 4.99 Å². The molecule has 0 spiro atoms. The van der Waals surface area contributed by atoms with E-state index in [9.17, 15) is 4.79 Å². The van der Waals surface area contributed by atoms with Crippen LogP contribution in [0.5, 0.6) is 0 Å². The molecule has 0 aromatic carbocycles. The minimum Gasteiger partial charge on any atom is -0.403 e. The molecule has 0 unspecified atom stereocenters. The summed E-state index contributed by atoms with van der Waals surface area (Å²) in [7, 11) is 1.83. The van der Waals surface area contributed by atoms with Gasteiger partial charge in [-0.15, -0.1) is 0 Å². The highest BCUT2D eigenvalue weighted by atomic mass is 32.2. The number of thioether (sulfide) groups is 1. The van der Waals surface area contributed by atoms with E-state index in [4.69, 9.17) is 5.73 Å². The number of piperidine rings is 1. The summed E-state index contributed by atoms with van der Waals surface area (Å²) in [4.78, 5) is 16.1. The molecule has 1 aliphatic heterocycles. The maximum atomic E-state index is 12.0. The van der Waals surface area contributed by atoms with E-state index in [1.54, 1.807) is 0 Å². The van der Waals surface area contributed by atoms with Gasteiger partial charge in [-0.3, -0.25) is 4.79 Å². The lowest BCUT2D eigenvalue weighted by Crippen LogP contribution is -2.38. The van der Waals surface area contributed by atoms with E-state index >= 15 is 0 Å². The second-order valence-electron chi connectivity index (χ2n) is 4.32. The first-order chi connectivity index (χ1) is 9.27. The Hall–Kier alpha value is -1.05. The molecule has 1 saturated heterocycles. The number of hydrogen-bond donors (Lipinski definition) is 4. The van der Waals surface area contributed by atoms with Crippen molar-refractivity contribution in [3.63, 3.8) is 0 Å². The third-order valence-electron chi connectivity index (χ3n) is 2.84. The van der Waals surface area contributed by atoms with Gasteiger partial charge in [0.1, 0.15) is 0 Å². The highest BCUT2D eigenvalue weighted by Gasteiger charge is 2.16. The van der Waals surface area contributed by atoms with Crippen LogP contribution in [0.4, 0.5) is 0 Å². The first-order valence-electron chi connectivity index (χ1n) is 6.48. The van der Waals surface area contributed by atoms with Crippen molar-refractivity contribution in [1.29, 1.82) is 0 Å². The second kappa shape index (κ2) is 9.82. The average Bonchev–Trinajstić information content (AvgIpc) is 2.46. The standard InChI is InChI=1S/C12H23N5OS/c1-14-9-19-12(16-7-4-13)11(18)17-8-10-2-5-15-6-3-10/h4,7,10,14-15H,2-3,5-6,8-9,13H2,1H3,(H,17,18)/b7-4+,16-12?. The number of amides is 1. The van der Waals surface area contributed by atoms with Gasteiger partial charge in [0.05, 0.1) is 0 Å². The van der Waals surface area contributed by atoms with Crippen molar-refractivity contribution >= 4 is 22.7 Å². The molecule has 1 rings (SSSR count). The zero-order valence-electron chi connectivity index (χ0n) is 11.3. The summed E-state index contributed by atoms with van der Waals surface area (Å²) >= 11 is 1.36. The molecule has 1 fully saturated rings. The van der Waals surface area contributed by atoms with Gasteiger partial charge >= 0.3 is 0 Å². The Morgan fingerprint density at radius 1 is 1.53 bits per heavy atom. The number of nitrogens with zero attached hydrogens (tertiary/aromatic N) is 1. The fourth-order valence-corrected chi connectivity index (χ4v) is 2.43. The van der Waals surface area contributed by atoms with E-state index in [2.05, 4.69) is 20.9 Å². The third kappa shape index (κ3) is 6.60. The number of hydrogen-bond acceptors (Lipinski definition) is 6. The Kier molecular flexibility index (Phi) is 8.28. The van der Waals surface area contributed by atoms with E-state index in [0.717, 1.165) is 25.9 Å². The molecule has 0 aromatic heterocycles. The maximum Gasteiger partial charge on any atom is 0.276 e. The average molecular weight is 285 g/mol. The summed E-state index contributed by atoms with van der Waals surface area (Å²) < 4.78 is 0. The number of carbonyl (C=O) groups is 1. The minimum atomic E-state index is -0.128. The van der Waals surface area contributed by atoms with Crippen molar-refractivity contribution in [2.75, 3.05) is 32.6 Å². The molecular weight excluding hydrogens is 262 g/mol. The Morgan fingerprint density at radius 3 is 2.89 bits per heavy atom. The van der Waals surface area contributed by atoms with Gasteiger partial charge in [0.25, 0.3) is 5.91 Å². The molecule has 1 aliphatic rings. The zero-order valence-corrected chi connectivity index (χ0v) is 12.1. The molecule has 0 radical (unpaired) electrons. The molecule has 1 heterocycles. The SMILES string of the molecule is CNCSC(=N/C=C/N)C(=O)NCC1CCNCC1. The highest BCUT2D eigenvalue weighted by molar-refractivity contribution is 8.15. The van der Waals surface area contributed by atoms with Crippen LogP contribution in [0.25, 0.3) is 0 Å². The number of rotatable bonds is 5. The van der Waals surface area contributed by atoms with Crippen molar-refractivity contribution in [2.45, 2.75) is 12.8 Å². The Balaban J connectivity index is 2.41. The predicted molar refractivity (Wildman–Crippen MR) is 80.9 cm³/mol. The van der Waals surface area contributed by atoms with Crippen LogP contribution in [0.15, 0.2) is 17.4 Å². The fraction of sp³-hybridized carbons (Fsp3) is 0.667. The number of nitrogens with one attached hydrogen (secondary N) is 3. The first kappa shape index (κ1) is 16.0. The number of carbonyl (C=O) groups excluding carboxylic acids is 1. The molecule has 108 valence electrons. The summed E-state index contributed by atoms with van der Waals surface area (Å²) in [5.74, 6) is 1.07. The normalized spacial score (nSPS) is 17.8. The molecule has 5 N–H and O–H groups in total. The monoisotopic (exact) mass is 285 g/mol. The van der Waals surface area contributed by atoms with E-state index < -0.39 is 0 Å². The number of nitrogens with two attached hydrogens (primary N) is 1. The van der Waals surface area contributed by atoms with E-state index in [1.807, 2.05) is 7.05 Å². The van der Waals surface area contributed by atoms with Crippen molar-refractivity contribution in [1.82, 2.24) is 16.0 Å². The highest BCUT2D eigenvalue weighted by Crippen LogP contribution is 2.10. The molecule has 1 amide bonds. The smallest absolute Gasteiger partial charge is 0.276 e. The zero-order chi connectivity index (χ0) is 13.9. The first-order valence-corrected chi connectivity index (χ1v) is 7.47. The van der Waals surface area contributed by atoms with Gasteiger partial charge in [0, 0.05) is 24.8 Å². The molecule has 0 atom stereocenters. The topological polar surface area (TPSA) is 91.5 Å². The van der Waals surface area contributed by atoms with Gasteiger partial charge in [-0.2, -0.15) is 0 Å². The van der Waals surface area contributed by atoms with Crippen molar-refractivity contribution in [3.8, 4) is 0 Å². The molecule has 0 aliphatic carbocycles. The molecule has 0 bridgehead atoms. The maximum absolute atomic E-state index is 12.0. The second-order valence-corrected chi connectivity index (χ2v) is 5.29. The summed E-state index contributed by atoms with van der Waals surface area (Å²) in [6.07, 6.45) is 4.97. The lowest BCUT2D eigenvalue weighted by atomic mass is 9.98. The van der Waals surface area contributed by atoms with Gasteiger partial charge in [0.2, 0.25) is 0 Å². The van der Waals surface area contributed by atoms with E-state index in [-0.39, 0.29) is 5.91 Å². The van der Waals surface area contributed by atoms with Gasteiger partial charge in [-0.1, -0.05) is 11.8 Å². The lowest BCUT2D eigenvalue weighted by molar-refractivity contribution is -0.114. The third-order valence-corrected chi connectivity index (χ3v) is 3.83. The van der Waals surface area contributed by atoms with Crippen LogP contribution in [0.3, 0.4) is 0 Å². The van der Waals surface area contributed by atoms with Crippen LogP contribution in [0.2, 0.25) is 0 Å². The van der Waals surface area contributed by atoms with E-state index in [0.29, 0.717) is 23.4 Å². The summed E-state index contributed by atoms with van der Waals surface area (Å²) in [5, 5.41) is 9.67. The molecule has 7 heteroatoms. The predicted octanol–water partition coefficient (Wildman–Crippen LogP) is -0.159. The molecule has 19 heavy (non-hydrogen) atoms. The van der Waals surface area contributed by atoms with Gasteiger partial charge in [-0.05, 0) is 38.9 Å². The summed E-state index contributed by atoms with van der Waals surface area (Å²) in [5.41, 5.74) is 5.25. The molecule has 0 saturated carbocycles. The Morgan fingerprint density at radius 2 is 2.26 bits per heavy atom. The van der Waals surface area contributed by atoms with Crippen molar-refractivity contribution in [2.24, 2.45) is 16.6 Å². The van der Waals surface area contributed by atoms with Crippen molar-refractivity contribution in [3.05, 3.63) is 12.4 Å². The Bertz CT molecular complexity index is 326. The Labute approximate surface area is 118 Å². The van der Waals surface area contributed by atoms with Crippen LogP contribution in [-0.4, -0.2) is 43.5 Å². The quantitative estimate of drug-likeness (QED) is 0.320. The molecular formula is C12H23N5OS. The molecule has 0 aromatic rings. The van der Waals surface area contributed by atoms with E-state index in [1.165, 1.54) is 24.2 Å². The van der Waals surface area contributed by atoms with Crippen LogP contribution in [-0.2, 0) is 4.79 Å². The fourth-order valence-electron chi connectivity index (χ4n) is 1.81. The van der Waals surface area contributed by atoms with Crippen LogP contribution >= 0.6 is 11.8 Å². The van der Waals surface area contributed by atoms with Gasteiger partial charge in [0.15, 0.2) is 5.04 Å². The van der Waals surface area contributed by atoms with Crippen LogP contribution in [0, 0.1) is 5.92 Å². The molecule has 6 nitrogen and oxygen atoms in total. The van der Waals surface area contributed by atoms with Crippen molar-refractivity contribution < 1.29 is 4.79 Å². The van der Waals surface area contributed by atoms with Crippen LogP contribution < -0.4 is 21.7 Å². The minimum absolute atomic E-state index is 0.128. The summed E-state index contributed by atoms with van der Waals surface area (Å²) in [6.45, 7) is 2.78. The lowest BCUT2D eigenvalue weighted by Gasteiger charge is -2.22. The number of aliphatic imine (C=N–C) groups is 1. The summed E-state index contributed by atoms with van der Waals surface area (Å²) in [6, 6.07) is 0. The van der Waals surface area contributed by atoms with Crippen LogP contribution in [0.1, 0.15) is 12.8 Å². The largest absolute Gasteiger partial charge is 0.403 e. The van der Waals surface area contributed by atoms with Gasteiger partial charge < -0.3 is 21.7 Å².